The number of hydrogen-bond acceptors (Lipinski definition) is 6. The van der Waals surface area contributed by atoms with Crippen molar-refractivity contribution in [3.8, 4) is 5.88 Å². The summed E-state index contributed by atoms with van der Waals surface area (Å²) in [6, 6.07) is 1.79. The molecule has 1 aliphatic rings. The smallest absolute Gasteiger partial charge is 0.228 e. The van der Waals surface area contributed by atoms with E-state index in [0.29, 0.717) is 12.5 Å². The van der Waals surface area contributed by atoms with Gasteiger partial charge in [-0.1, -0.05) is 0 Å². The third-order valence-corrected chi connectivity index (χ3v) is 3.32. The number of aromatic nitrogens is 2. The number of nitrogens with zero attached hydrogens (tertiary/aromatic N) is 4. The van der Waals surface area contributed by atoms with E-state index in [1.54, 1.807) is 12.3 Å². The Kier molecular flexibility index (Phi) is 6.01. The summed E-state index contributed by atoms with van der Waals surface area (Å²) in [7, 11) is 2.02. The van der Waals surface area contributed by atoms with Gasteiger partial charge >= 0.3 is 0 Å². The van der Waals surface area contributed by atoms with E-state index >= 15 is 0 Å². The topological polar surface area (TPSA) is 50.7 Å². The van der Waals surface area contributed by atoms with Crippen LogP contribution in [0.4, 0.5) is 5.95 Å². The van der Waals surface area contributed by atoms with E-state index in [0.717, 1.165) is 51.8 Å². The van der Waals surface area contributed by atoms with E-state index in [9.17, 15) is 0 Å². The summed E-state index contributed by atoms with van der Waals surface area (Å²) in [5, 5.41) is 0. The average molecular weight is 280 g/mol. The first-order valence-corrected chi connectivity index (χ1v) is 7.26. The van der Waals surface area contributed by atoms with Crippen LogP contribution < -0.4 is 9.64 Å². The van der Waals surface area contributed by atoms with Gasteiger partial charge in [-0.25, -0.2) is 4.98 Å². The summed E-state index contributed by atoms with van der Waals surface area (Å²) in [5.74, 6) is 1.36. The van der Waals surface area contributed by atoms with Crippen molar-refractivity contribution < 1.29 is 9.47 Å². The second kappa shape index (κ2) is 8.01. The molecular formula is C14H24N4O2. The number of rotatable bonds is 7. The second-order valence-corrected chi connectivity index (χ2v) is 4.86. The van der Waals surface area contributed by atoms with Gasteiger partial charge in [0.2, 0.25) is 11.8 Å². The summed E-state index contributed by atoms with van der Waals surface area (Å²) in [6.07, 6.45) is 2.84. The highest BCUT2D eigenvalue weighted by Gasteiger charge is 2.11. The van der Waals surface area contributed by atoms with E-state index in [2.05, 4.69) is 19.8 Å². The Balaban J connectivity index is 1.75. The van der Waals surface area contributed by atoms with Gasteiger partial charge in [-0.3, -0.25) is 4.90 Å². The van der Waals surface area contributed by atoms with Crippen LogP contribution in [0.3, 0.4) is 0 Å². The van der Waals surface area contributed by atoms with Crippen LogP contribution in [0.25, 0.3) is 0 Å². The molecule has 0 unspecified atom stereocenters. The van der Waals surface area contributed by atoms with E-state index in [4.69, 9.17) is 9.47 Å². The zero-order valence-electron chi connectivity index (χ0n) is 12.4. The normalized spacial score (nSPS) is 16.1. The van der Waals surface area contributed by atoms with Crippen molar-refractivity contribution in [3.63, 3.8) is 0 Å². The molecule has 0 aliphatic carbocycles. The molecule has 0 N–H and O–H groups in total. The zero-order valence-corrected chi connectivity index (χ0v) is 12.4. The van der Waals surface area contributed by atoms with Gasteiger partial charge in [0.05, 0.1) is 19.8 Å². The van der Waals surface area contributed by atoms with E-state index in [-0.39, 0.29) is 0 Å². The Labute approximate surface area is 120 Å². The lowest BCUT2D eigenvalue weighted by Gasteiger charge is -2.27. The summed E-state index contributed by atoms with van der Waals surface area (Å²) >= 11 is 0. The highest BCUT2D eigenvalue weighted by Crippen LogP contribution is 2.11. The molecule has 6 nitrogen and oxygen atoms in total. The predicted molar refractivity (Wildman–Crippen MR) is 78.3 cm³/mol. The molecule has 0 radical (unpaired) electrons. The largest absolute Gasteiger partial charge is 0.478 e. The minimum Gasteiger partial charge on any atom is -0.478 e. The fourth-order valence-electron chi connectivity index (χ4n) is 2.20. The molecule has 2 rings (SSSR count). The lowest BCUT2D eigenvalue weighted by molar-refractivity contribution is 0.0377. The van der Waals surface area contributed by atoms with Gasteiger partial charge in [-0.2, -0.15) is 4.98 Å². The molecule has 1 aliphatic heterocycles. The van der Waals surface area contributed by atoms with Gasteiger partial charge in [-0.15, -0.1) is 0 Å². The molecule has 0 bridgehead atoms. The van der Waals surface area contributed by atoms with Crippen molar-refractivity contribution in [3.05, 3.63) is 12.3 Å². The van der Waals surface area contributed by atoms with Crippen molar-refractivity contribution in [1.82, 2.24) is 14.9 Å². The van der Waals surface area contributed by atoms with Gasteiger partial charge < -0.3 is 14.4 Å². The van der Waals surface area contributed by atoms with E-state index in [1.807, 2.05) is 14.0 Å². The fraction of sp³-hybridized carbons (Fsp3) is 0.714. The zero-order chi connectivity index (χ0) is 14.2. The first-order chi connectivity index (χ1) is 9.79. The van der Waals surface area contributed by atoms with Gasteiger partial charge in [0.15, 0.2) is 0 Å². The minimum absolute atomic E-state index is 0.622. The second-order valence-electron chi connectivity index (χ2n) is 4.86. The van der Waals surface area contributed by atoms with Crippen LogP contribution in [0.2, 0.25) is 0 Å². The van der Waals surface area contributed by atoms with E-state index in [1.165, 1.54) is 0 Å². The Bertz CT molecular complexity index is 397. The van der Waals surface area contributed by atoms with Crippen LogP contribution in [-0.2, 0) is 4.74 Å². The first kappa shape index (κ1) is 15.0. The summed E-state index contributed by atoms with van der Waals surface area (Å²) < 4.78 is 10.7. The quantitative estimate of drug-likeness (QED) is 0.743. The SMILES string of the molecule is CCOc1ccnc(N(C)CCCN2CCOCC2)n1. The highest BCUT2D eigenvalue weighted by molar-refractivity contribution is 5.30. The molecule has 6 heteroatoms. The Morgan fingerprint density at radius 1 is 1.40 bits per heavy atom. The van der Waals surface area contributed by atoms with Crippen LogP contribution in [0, 0.1) is 0 Å². The van der Waals surface area contributed by atoms with Gasteiger partial charge in [-0.05, 0) is 13.3 Å². The molecule has 20 heavy (non-hydrogen) atoms. The maximum Gasteiger partial charge on any atom is 0.228 e. The lowest BCUT2D eigenvalue weighted by atomic mass is 10.3. The maximum atomic E-state index is 5.40. The van der Waals surface area contributed by atoms with Crippen molar-refractivity contribution in [1.29, 1.82) is 0 Å². The summed E-state index contributed by atoms with van der Waals surface area (Å²) in [4.78, 5) is 13.2. The van der Waals surface area contributed by atoms with Gasteiger partial charge in [0.1, 0.15) is 0 Å². The molecule has 0 amide bonds. The lowest BCUT2D eigenvalue weighted by Crippen LogP contribution is -2.38. The maximum absolute atomic E-state index is 5.40. The highest BCUT2D eigenvalue weighted by atomic mass is 16.5. The minimum atomic E-state index is 0.622. The number of anilines is 1. The summed E-state index contributed by atoms with van der Waals surface area (Å²) in [5.41, 5.74) is 0. The monoisotopic (exact) mass is 280 g/mol. The molecule has 1 saturated heterocycles. The van der Waals surface area contributed by atoms with Crippen LogP contribution in [-0.4, -0.2) is 67.9 Å². The van der Waals surface area contributed by atoms with E-state index < -0.39 is 0 Å². The predicted octanol–water partition coefficient (Wildman–Crippen LogP) is 1.03. The molecule has 1 fully saturated rings. The first-order valence-electron chi connectivity index (χ1n) is 7.26. The van der Waals surface area contributed by atoms with Crippen LogP contribution in [0.1, 0.15) is 13.3 Å². The molecule has 0 spiro atoms. The molecule has 1 aromatic rings. The van der Waals surface area contributed by atoms with Crippen LogP contribution in [0.15, 0.2) is 12.3 Å². The third kappa shape index (κ3) is 4.61. The molecule has 0 aromatic carbocycles. The van der Waals surface area contributed by atoms with Crippen molar-refractivity contribution in [2.45, 2.75) is 13.3 Å². The number of ether oxygens (including phenoxy) is 2. The van der Waals surface area contributed by atoms with Crippen LogP contribution in [0.5, 0.6) is 5.88 Å². The molecule has 112 valence electrons. The van der Waals surface area contributed by atoms with Crippen LogP contribution >= 0.6 is 0 Å². The summed E-state index contributed by atoms with van der Waals surface area (Å²) in [6.45, 7) is 8.40. The standard InChI is InChI=1S/C14H24N4O2/c1-3-20-13-5-6-15-14(16-13)17(2)7-4-8-18-9-11-19-12-10-18/h5-6H,3-4,7-12H2,1-2H3. The van der Waals surface area contributed by atoms with Crippen molar-refractivity contribution >= 4 is 5.95 Å². The van der Waals surface area contributed by atoms with Crippen molar-refractivity contribution in [2.24, 2.45) is 0 Å². The van der Waals surface area contributed by atoms with Gasteiger partial charge in [0, 0.05) is 45.5 Å². The van der Waals surface area contributed by atoms with Crippen molar-refractivity contribution in [2.75, 3.05) is 57.9 Å². The number of hydrogen-bond donors (Lipinski definition) is 0. The molecular weight excluding hydrogens is 256 g/mol. The average Bonchev–Trinajstić information content (AvgIpc) is 2.49. The molecule has 2 heterocycles. The Hall–Kier alpha value is -1.40. The van der Waals surface area contributed by atoms with Gasteiger partial charge in [0.25, 0.3) is 0 Å². The molecule has 0 atom stereocenters. The molecule has 1 aromatic heterocycles. The Morgan fingerprint density at radius 2 is 2.20 bits per heavy atom. The fourth-order valence-corrected chi connectivity index (χ4v) is 2.20. The third-order valence-electron chi connectivity index (χ3n) is 3.32. The Morgan fingerprint density at radius 3 is 2.95 bits per heavy atom. The molecule has 0 saturated carbocycles. The number of morpholine rings is 1.